The van der Waals surface area contributed by atoms with E-state index in [4.69, 9.17) is 5.73 Å². The Kier molecular flexibility index (Phi) is 3.43. The van der Waals surface area contributed by atoms with Crippen LogP contribution in [0.2, 0.25) is 0 Å². The van der Waals surface area contributed by atoms with E-state index in [1.54, 1.807) is 0 Å². The molecular formula is C18H20N2O. The maximum absolute atomic E-state index is 10.5. The molecule has 108 valence electrons. The van der Waals surface area contributed by atoms with Crippen LogP contribution in [0.15, 0.2) is 48.5 Å². The first-order valence-electron chi connectivity index (χ1n) is 7.13. The Hall–Kier alpha value is -2.26. The van der Waals surface area contributed by atoms with Gasteiger partial charge in [0.05, 0.1) is 6.04 Å². The van der Waals surface area contributed by atoms with Crippen LogP contribution in [0, 0.1) is 6.92 Å². The molecule has 0 amide bonds. The summed E-state index contributed by atoms with van der Waals surface area (Å²) in [6.07, 6.45) is 2.03. The molecule has 21 heavy (non-hydrogen) atoms. The lowest BCUT2D eigenvalue weighted by molar-refractivity contribution is 0.303. The molecule has 1 atom stereocenters. The first-order valence-corrected chi connectivity index (χ1v) is 7.13. The van der Waals surface area contributed by atoms with Gasteiger partial charge in [-0.1, -0.05) is 42.5 Å². The van der Waals surface area contributed by atoms with Crippen LogP contribution in [-0.2, 0) is 0 Å². The highest BCUT2D eigenvalue weighted by atomic mass is 16.3. The van der Waals surface area contributed by atoms with E-state index in [2.05, 4.69) is 18.0 Å². The van der Waals surface area contributed by atoms with Crippen molar-refractivity contribution in [1.82, 2.24) is 4.90 Å². The van der Waals surface area contributed by atoms with Crippen molar-refractivity contribution >= 4 is 5.70 Å². The van der Waals surface area contributed by atoms with Crippen molar-refractivity contribution in [3.8, 4) is 5.75 Å². The molecule has 2 aromatic carbocycles. The number of phenolic OH excluding ortho intramolecular Hbond substituents is 1. The number of rotatable bonds is 1. The second-order valence-corrected chi connectivity index (χ2v) is 5.60. The number of para-hydroxylation sites is 1. The Labute approximate surface area is 125 Å². The second-order valence-electron chi connectivity index (χ2n) is 5.60. The van der Waals surface area contributed by atoms with Crippen molar-refractivity contribution in [2.24, 2.45) is 5.73 Å². The van der Waals surface area contributed by atoms with Gasteiger partial charge in [0, 0.05) is 23.4 Å². The molecule has 2 aromatic rings. The molecule has 0 saturated carbocycles. The van der Waals surface area contributed by atoms with Crippen molar-refractivity contribution in [2.45, 2.75) is 13.0 Å². The first kappa shape index (κ1) is 13.7. The van der Waals surface area contributed by atoms with E-state index in [-0.39, 0.29) is 6.04 Å². The van der Waals surface area contributed by atoms with Crippen LogP contribution in [0.25, 0.3) is 5.70 Å². The highest BCUT2D eigenvalue weighted by molar-refractivity contribution is 5.68. The van der Waals surface area contributed by atoms with Crippen LogP contribution >= 0.6 is 0 Å². The number of fused-ring (bicyclic) bond motifs is 1. The maximum atomic E-state index is 10.5. The normalized spacial score (nSPS) is 18.8. The summed E-state index contributed by atoms with van der Waals surface area (Å²) in [5, 5.41) is 10.5. The minimum Gasteiger partial charge on any atom is -0.507 e. The zero-order chi connectivity index (χ0) is 15.0. The van der Waals surface area contributed by atoms with Crippen molar-refractivity contribution in [1.29, 1.82) is 0 Å². The predicted molar refractivity (Wildman–Crippen MR) is 85.9 cm³/mol. The fraction of sp³-hybridized carbons (Fsp3) is 0.222. The molecule has 1 unspecified atom stereocenters. The summed E-state index contributed by atoms with van der Waals surface area (Å²) < 4.78 is 0. The Morgan fingerprint density at radius 1 is 1.10 bits per heavy atom. The summed E-state index contributed by atoms with van der Waals surface area (Å²) in [6, 6.07) is 14.0. The third-order valence-electron chi connectivity index (χ3n) is 4.17. The van der Waals surface area contributed by atoms with Crippen LogP contribution in [0.4, 0.5) is 0 Å². The van der Waals surface area contributed by atoms with E-state index in [9.17, 15) is 5.11 Å². The average Bonchev–Trinajstić information content (AvgIpc) is 2.61. The number of nitrogens with two attached hydrogens (primary N) is 1. The van der Waals surface area contributed by atoms with Gasteiger partial charge in [-0.25, -0.2) is 0 Å². The highest BCUT2D eigenvalue weighted by Crippen LogP contribution is 2.38. The summed E-state index contributed by atoms with van der Waals surface area (Å²) in [5.41, 5.74) is 11.0. The average molecular weight is 280 g/mol. The Bertz CT molecular complexity index is 706. The smallest absolute Gasteiger partial charge is 0.123 e. The fourth-order valence-corrected chi connectivity index (χ4v) is 3.00. The number of benzene rings is 2. The molecule has 1 aliphatic heterocycles. The standard InChI is InChI=1S/C18H20N2O/c1-12-6-5-9-15(18(12)21)17-14-8-4-3-7-13(14)16(19)10-11-20(17)2/h3-10,17,21H,11,19H2,1-2H3. The summed E-state index contributed by atoms with van der Waals surface area (Å²) in [6.45, 7) is 2.67. The molecule has 0 aromatic heterocycles. The number of hydrogen-bond acceptors (Lipinski definition) is 3. The Morgan fingerprint density at radius 3 is 2.62 bits per heavy atom. The number of aryl methyl sites for hydroxylation is 1. The number of likely N-dealkylation sites (N-methyl/N-ethyl adjacent to an activating group) is 1. The number of phenols is 1. The van der Waals surface area contributed by atoms with E-state index in [0.717, 1.165) is 34.5 Å². The minimum atomic E-state index is -0.00148. The van der Waals surface area contributed by atoms with E-state index in [1.165, 1.54) is 0 Å². The van der Waals surface area contributed by atoms with Gasteiger partial charge in [-0.15, -0.1) is 0 Å². The monoisotopic (exact) mass is 280 g/mol. The first-order chi connectivity index (χ1) is 10.1. The van der Waals surface area contributed by atoms with Gasteiger partial charge in [0.2, 0.25) is 0 Å². The molecule has 0 bridgehead atoms. The zero-order valence-electron chi connectivity index (χ0n) is 12.4. The molecule has 0 saturated heterocycles. The Balaban J connectivity index is 2.22. The lowest BCUT2D eigenvalue weighted by Crippen LogP contribution is -2.25. The summed E-state index contributed by atoms with van der Waals surface area (Å²) in [5.74, 6) is 0.365. The minimum absolute atomic E-state index is 0.00148. The molecule has 3 rings (SSSR count). The van der Waals surface area contributed by atoms with Gasteiger partial charge in [-0.2, -0.15) is 0 Å². The third-order valence-corrected chi connectivity index (χ3v) is 4.17. The molecule has 3 heteroatoms. The van der Waals surface area contributed by atoms with E-state index in [1.807, 2.05) is 49.4 Å². The quantitative estimate of drug-likeness (QED) is 0.844. The Morgan fingerprint density at radius 2 is 1.81 bits per heavy atom. The van der Waals surface area contributed by atoms with Crippen LogP contribution in [0.3, 0.4) is 0 Å². The number of aromatic hydroxyl groups is 1. The van der Waals surface area contributed by atoms with E-state index in [0.29, 0.717) is 5.75 Å². The highest BCUT2D eigenvalue weighted by Gasteiger charge is 2.26. The lowest BCUT2D eigenvalue weighted by Gasteiger charge is -2.28. The molecule has 1 heterocycles. The maximum Gasteiger partial charge on any atom is 0.123 e. The molecule has 3 nitrogen and oxygen atoms in total. The molecule has 0 aliphatic carbocycles. The van der Waals surface area contributed by atoms with Gasteiger partial charge in [-0.05, 0) is 31.2 Å². The summed E-state index contributed by atoms with van der Waals surface area (Å²) in [4.78, 5) is 2.20. The molecule has 0 spiro atoms. The predicted octanol–water partition coefficient (Wildman–Crippen LogP) is 3.04. The third kappa shape index (κ3) is 2.30. The molecule has 1 aliphatic rings. The molecule has 0 radical (unpaired) electrons. The molecule has 0 fully saturated rings. The van der Waals surface area contributed by atoms with Crippen LogP contribution in [0.1, 0.15) is 28.3 Å². The van der Waals surface area contributed by atoms with Gasteiger partial charge >= 0.3 is 0 Å². The summed E-state index contributed by atoms with van der Waals surface area (Å²) >= 11 is 0. The topological polar surface area (TPSA) is 49.5 Å². The zero-order valence-corrected chi connectivity index (χ0v) is 12.4. The van der Waals surface area contributed by atoms with Gasteiger partial charge in [0.1, 0.15) is 5.75 Å². The lowest BCUT2D eigenvalue weighted by atomic mass is 9.91. The second kappa shape index (κ2) is 5.26. The van der Waals surface area contributed by atoms with Crippen molar-refractivity contribution in [3.63, 3.8) is 0 Å². The van der Waals surface area contributed by atoms with Crippen molar-refractivity contribution < 1.29 is 5.11 Å². The SMILES string of the molecule is Cc1cccc(C2c3ccccc3C(N)=CCN2C)c1O. The number of hydrogen-bond donors (Lipinski definition) is 2. The molecule has 3 N–H and O–H groups in total. The van der Waals surface area contributed by atoms with Gasteiger partial charge in [-0.3, -0.25) is 4.90 Å². The van der Waals surface area contributed by atoms with E-state index >= 15 is 0 Å². The van der Waals surface area contributed by atoms with Gasteiger partial charge < -0.3 is 10.8 Å². The van der Waals surface area contributed by atoms with Crippen LogP contribution in [-0.4, -0.2) is 23.6 Å². The van der Waals surface area contributed by atoms with Gasteiger partial charge in [0.15, 0.2) is 0 Å². The van der Waals surface area contributed by atoms with E-state index < -0.39 is 0 Å². The fourth-order valence-electron chi connectivity index (χ4n) is 3.00. The number of nitrogens with zero attached hydrogens (tertiary/aromatic N) is 1. The molecular weight excluding hydrogens is 260 g/mol. The van der Waals surface area contributed by atoms with Crippen LogP contribution in [0.5, 0.6) is 5.75 Å². The van der Waals surface area contributed by atoms with Gasteiger partial charge in [0.25, 0.3) is 0 Å². The largest absolute Gasteiger partial charge is 0.507 e. The van der Waals surface area contributed by atoms with Crippen molar-refractivity contribution in [3.05, 3.63) is 70.8 Å². The van der Waals surface area contributed by atoms with Crippen LogP contribution < -0.4 is 5.73 Å². The van der Waals surface area contributed by atoms with Crippen molar-refractivity contribution in [2.75, 3.05) is 13.6 Å². The summed E-state index contributed by atoms with van der Waals surface area (Å²) in [7, 11) is 2.05.